The molecule has 1 aromatic carbocycles. The average molecular weight is 379 g/mol. The Balaban J connectivity index is 1.90. The summed E-state index contributed by atoms with van der Waals surface area (Å²) in [4.78, 5) is 36.3. The summed E-state index contributed by atoms with van der Waals surface area (Å²) in [6, 6.07) is 0.444. The Morgan fingerprint density at radius 2 is 2.04 bits per heavy atom. The van der Waals surface area contributed by atoms with Gasteiger partial charge in [-0.15, -0.1) is 0 Å². The fourth-order valence-corrected chi connectivity index (χ4v) is 2.79. The summed E-state index contributed by atoms with van der Waals surface area (Å²) in [6.45, 7) is 0.0255. The molecule has 0 fully saturated rings. The molecule has 3 rings (SSSR count). The zero-order valence-electron chi connectivity index (χ0n) is 13.9. The van der Waals surface area contributed by atoms with Crippen molar-refractivity contribution in [3.63, 3.8) is 0 Å². The zero-order chi connectivity index (χ0) is 19.6. The number of anilines is 1. The standard InChI is InChI=1S/C17H15F2N3O5/c18-11-4-3-9(6-12(11)19)15-10-7-27-8-13(10)21-17(26)22(15)16(25)20-5-1-2-14(23)24/h3-4,6-8,15H,1-2,5H2,(H,20,25)(H,21,26)(H,23,24). The van der Waals surface area contributed by atoms with Gasteiger partial charge in [-0.1, -0.05) is 6.07 Å². The number of furan rings is 1. The SMILES string of the molecule is O=C(O)CCCNC(=O)N1C(=O)Nc2cocc2C1c1ccc(F)c(F)c1. The van der Waals surface area contributed by atoms with Gasteiger partial charge in [-0.05, 0) is 24.1 Å². The van der Waals surface area contributed by atoms with Crippen molar-refractivity contribution in [1.29, 1.82) is 0 Å². The Bertz CT molecular complexity index is 898. The summed E-state index contributed by atoms with van der Waals surface area (Å²) >= 11 is 0. The molecule has 1 aromatic heterocycles. The molecule has 0 saturated heterocycles. The van der Waals surface area contributed by atoms with Gasteiger partial charge in [0.2, 0.25) is 0 Å². The van der Waals surface area contributed by atoms with Crippen LogP contribution in [0.5, 0.6) is 0 Å². The van der Waals surface area contributed by atoms with Crippen LogP contribution in [0.3, 0.4) is 0 Å². The smallest absolute Gasteiger partial charge is 0.330 e. The second-order valence-corrected chi connectivity index (χ2v) is 5.85. The molecule has 0 saturated carbocycles. The van der Waals surface area contributed by atoms with Crippen molar-refractivity contribution in [3.05, 3.63) is 53.5 Å². The highest BCUT2D eigenvalue weighted by Gasteiger charge is 2.39. The first-order chi connectivity index (χ1) is 12.9. The van der Waals surface area contributed by atoms with Gasteiger partial charge in [-0.25, -0.2) is 23.3 Å². The molecule has 10 heteroatoms. The summed E-state index contributed by atoms with van der Waals surface area (Å²) < 4.78 is 32.1. The van der Waals surface area contributed by atoms with Gasteiger partial charge in [-0.2, -0.15) is 0 Å². The number of hydrogen-bond donors (Lipinski definition) is 3. The molecule has 0 radical (unpaired) electrons. The second-order valence-electron chi connectivity index (χ2n) is 5.85. The maximum atomic E-state index is 13.7. The molecule has 4 amide bonds. The van der Waals surface area contributed by atoms with Gasteiger partial charge in [0.1, 0.15) is 6.26 Å². The Morgan fingerprint density at radius 3 is 2.74 bits per heavy atom. The van der Waals surface area contributed by atoms with Crippen molar-refractivity contribution in [2.45, 2.75) is 18.9 Å². The number of benzene rings is 1. The van der Waals surface area contributed by atoms with Gasteiger partial charge < -0.3 is 20.2 Å². The van der Waals surface area contributed by atoms with E-state index >= 15 is 0 Å². The lowest BCUT2D eigenvalue weighted by atomic mass is 9.97. The molecule has 142 valence electrons. The largest absolute Gasteiger partial charge is 0.481 e. The number of halogens is 2. The van der Waals surface area contributed by atoms with E-state index in [-0.39, 0.29) is 24.9 Å². The normalized spacial score (nSPS) is 15.9. The number of fused-ring (bicyclic) bond motifs is 1. The van der Waals surface area contributed by atoms with Gasteiger partial charge in [0.25, 0.3) is 0 Å². The van der Waals surface area contributed by atoms with Crippen LogP contribution in [0.15, 0.2) is 35.1 Å². The number of aliphatic carboxylic acids is 1. The van der Waals surface area contributed by atoms with Crippen LogP contribution in [-0.4, -0.2) is 34.6 Å². The van der Waals surface area contributed by atoms with Crippen molar-refractivity contribution >= 4 is 23.7 Å². The summed E-state index contributed by atoms with van der Waals surface area (Å²) in [5.74, 6) is -3.19. The molecule has 2 aromatic rings. The van der Waals surface area contributed by atoms with E-state index in [9.17, 15) is 23.2 Å². The molecule has 2 heterocycles. The van der Waals surface area contributed by atoms with Crippen LogP contribution in [0.25, 0.3) is 0 Å². The number of rotatable bonds is 5. The Kier molecular flexibility index (Phi) is 5.06. The van der Waals surface area contributed by atoms with Crippen LogP contribution < -0.4 is 10.6 Å². The van der Waals surface area contributed by atoms with Crippen LogP contribution in [-0.2, 0) is 4.79 Å². The number of nitrogens with zero attached hydrogens (tertiary/aromatic N) is 1. The maximum Gasteiger partial charge on any atom is 0.330 e. The summed E-state index contributed by atoms with van der Waals surface area (Å²) in [5, 5.41) is 13.6. The Morgan fingerprint density at radius 1 is 1.26 bits per heavy atom. The molecular formula is C17H15F2N3O5. The highest BCUT2D eigenvalue weighted by molar-refractivity contribution is 6.03. The average Bonchev–Trinajstić information content (AvgIpc) is 3.07. The monoisotopic (exact) mass is 379 g/mol. The molecule has 1 aliphatic rings. The van der Waals surface area contributed by atoms with Crippen molar-refractivity contribution in [3.8, 4) is 0 Å². The molecule has 0 bridgehead atoms. The number of carbonyl (C=O) groups is 3. The van der Waals surface area contributed by atoms with Crippen molar-refractivity contribution in [2.24, 2.45) is 0 Å². The Hall–Kier alpha value is -3.43. The number of carbonyl (C=O) groups excluding carboxylic acids is 2. The number of imide groups is 1. The predicted octanol–water partition coefficient (Wildman–Crippen LogP) is 3.07. The summed E-state index contributed by atoms with van der Waals surface area (Å²) in [6.07, 6.45) is 2.59. The van der Waals surface area contributed by atoms with Gasteiger partial charge in [0.15, 0.2) is 11.6 Å². The summed E-state index contributed by atoms with van der Waals surface area (Å²) in [5.41, 5.74) is 0.873. The van der Waals surface area contributed by atoms with E-state index in [4.69, 9.17) is 9.52 Å². The Labute approximate surface area is 151 Å². The van der Waals surface area contributed by atoms with Crippen LogP contribution in [0.2, 0.25) is 0 Å². The third-order valence-corrected chi connectivity index (χ3v) is 4.03. The van der Waals surface area contributed by atoms with E-state index in [1.807, 2.05) is 0 Å². The highest BCUT2D eigenvalue weighted by Crippen LogP contribution is 2.38. The third kappa shape index (κ3) is 3.73. The van der Waals surface area contributed by atoms with E-state index in [0.717, 1.165) is 17.0 Å². The molecule has 1 aliphatic heterocycles. The predicted molar refractivity (Wildman–Crippen MR) is 88.0 cm³/mol. The minimum atomic E-state index is -1.12. The van der Waals surface area contributed by atoms with E-state index in [1.165, 1.54) is 18.6 Å². The molecule has 1 atom stereocenters. The molecule has 1 unspecified atom stereocenters. The van der Waals surface area contributed by atoms with Gasteiger partial charge in [0.05, 0.1) is 18.0 Å². The highest BCUT2D eigenvalue weighted by atomic mass is 19.2. The van der Waals surface area contributed by atoms with Gasteiger partial charge in [0, 0.05) is 18.5 Å². The van der Waals surface area contributed by atoms with E-state index < -0.39 is 35.7 Å². The summed E-state index contributed by atoms with van der Waals surface area (Å²) in [7, 11) is 0. The number of carboxylic acids is 1. The topological polar surface area (TPSA) is 112 Å². The van der Waals surface area contributed by atoms with Gasteiger partial charge >= 0.3 is 18.0 Å². The molecule has 8 nitrogen and oxygen atoms in total. The first kappa shape index (κ1) is 18.4. The lowest BCUT2D eigenvalue weighted by Crippen LogP contribution is -2.50. The molecule has 0 aliphatic carbocycles. The number of urea groups is 2. The first-order valence-electron chi connectivity index (χ1n) is 7.99. The second kappa shape index (κ2) is 7.44. The fourth-order valence-electron chi connectivity index (χ4n) is 2.79. The zero-order valence-corrected chi connectivity index (χ0v) is 13.9. The third-order valence-electron chi connectivity index (χ3n) is 4.03. The van der Waals surface area contributed by atoms with Crippen LogP contribution in [0.4, 0.5) is 24.1 Å². The lowest BCUT2D eigenvalue weighted by molar-refractivity contribution is -0.137. The van der Waals surface area contributed by atoms with Crippen molar-refractivity contribution in [2.75, 3.05) is 11.9 Å². The minimum absolute atomic E-state index is 0.0255. The minimum Gasteiger partial charge on any atom is -0.481 e. The van der Waals surface area contributed by atoms with Crippen molar-refractivity contribution < 1.29 is 32.7 Å². The quantitative estimate of drug-likeness (QED) is 0.691. The van der Waals surface area contributed by atoms with Crippen LogP contribution in [0, 0.1) is 11.6 Å². The number of carboxylic acid groups (broad SMARTS) is 1. The van der Waals surface area contributed by atoms with Gasteiger partial charge in [-0.3, -0.25) is 4.79 Å². The van der Waals surface area contributed by atoms with E-state index in [0.29, 0.717) is 11.3 Å². The van der Waals surface area contributed by atoms with E-state index in [1.54, 1.807) is 0 Å². The molecule has 3 N–H and O–H groups in total. The van der Waals surface area contributed by atoms with E-state index in [2.05, 4.69) is 10.6 Å². The molecular weight excluding hydrogens is 364 g/mol. The van der Waals surface area contributed by atoms with Crippen LogP contribution in [0.1, 0.15) is 30.0 Å². The fraction of sp³-hybridized carbons (Fsp3) is 0.235. The van der Waals surface area contributed by atoms with Crippen molar-refractivity contribution in [1.82, 2.24) is 10.2 Å². The lowest BCUT2D eigenvalue weighted by Gasteiger charge is -2.34. The first-order valence-corrected chi connectivity index (χ1v) is 7.99. The molecule has 27 heavy (non-hydrogen) atoms. The number of nitrogens with one attached hydrogen (secondary N) is 2. The molecule has 0 spiro atoms. The number of amides is 4. The van der Waals surface area contributed by atoms with Crippen LogP contribution >= 0.6 is 0 Å². The maximum absolute atomic E-state index is 13.7. The number of hydrogen-bond acceptors (Lipinski definition) is 4.